The standard InChI is InChI=1S/C14H18BrN5S/c1-2-7-16-9-10-8-11(15)3-6-13(10)21-14-17-18-19-20(14)12-4-5-12/h3,6,8,12,16H,2,4-5,7,9H2,1H3. The summed E-state index contributed by atoms with van der Waals surface area (Å²) in [5.74, 6) is 0. The van der Waals surface area contributed by atoms with Gasteiger partial charge in [-0.25, -0.2) is 4.68 Å². The number of aromatic nitrogens is 4. The van der Waals surface area contributed by atoms with Crippen molar-refractivity contribution in [3.63, 3.8) is 0 Å². The lowest BCUT2D eigenvalue weighted by atomic mass is 10.2. The first kappa shape index (κ1) is 15.0. The van der Waals surface area contributed by atoms with E-state index in [9.17, 15) is 0 Å². The normalized spacial score (nSPS) is 14.6. The van der Waals surface area contributed by atoms with Gasteiger partial charge in [-0.2, -0.15) is 0 Å². The molecular formula is C14H18BrN5S. The van der Waals surface area contributed by atoms with Gasteiger partial charge < -0.3 is 5.32 Å². The first-order valence-electron chi connectivity index (χ1n) is 7.22. The number of rotatable bonds is 7. The number of benzene rings is 1. The molecule has 1 fully saturated rings. The molecule has 2 aromatic rings. The minimum atomic E-state index is 0.500. The van der Waals surface area contributed by atoms with Crippen molar-refractivity contribution in [1.29, 1.82) is 0 Å². The molecule has 1 aromatic carbocycles. The average Bonchev–Trinajstić information content (AvgIpc) is 3.22. The molecule has 0 radical (unpaired) electrons. The van der Waals surface area contributed by atoms with E-state index in [0.29, 0.717) is 6.04 Å². The second-order valence-electron chi connectivity index (χ2n) is 5.17. The lowest BCUT2D eigenvalue weighted by molar-refractivity contribution is 0.565. The van der Waals surface area contributed by atoms with Gasteiger partial charge in [0.1, 0.15) is 0 Å². The molecule has 1 heterocycles. The molecule has 0 spiro atoms. The Kier molecular flexibility index (Phi) is 4.92. The molecule has 1 saturated carbocycles. The Bertz CT molecular complexity index is 611. The zero-order valence-corrected chi connectivity index (χ0v) is 14.3. The Morgan fingerprint density at radius 3 is 3.05 bits per heavy atom. The van der Waals surface area contributed by atoms with E-state index in [1.807, 2.05) is 4.68 Å². The van der Waals surface area contributed by atoms with Crippen LogP contribution < -0.4 is 5.32 Å². The van der Waals surface area contributed by atoms with E-state index in [1.54, 1.807) is 11.8 Å². The maximum Gasteiger partial charge on any atom is 0.214 e. The van der Waals surface area contributed by atoms with Crippen LogP contribution >= 0.6 is 27.7 Å². The summed E-state index contributed by atoms with van der Waals surface area (Å²) in [5, 5.41) is 16.4. The summed E-state index contributed by atoms with van der Waals surface area (Å²) in [6.45, 7) is 4.06. The van der Waals surface area contributed by atoms with E-state index in [1.165, 1.54) is 23.3 Å². The number of nitrogens with one attached hydrogen (secondary N) is 1. The van der Waals surface area contributed by atoms with Gasteiger partial charge in [-0.05, 0) is 71.8 Å². The Morgan fingerprint density at radius 2 is 2.29 bits per heavy atom. The molecule has 1 N–H and O–H groups in total. The van der Waals surface area contributed by atoms with Crippen LogP contribution in [-0.2, 0) is 6.54 Å². The van der Waals surface area contributed by atoms with Crippen LogP contribution in [0.1, 0.15) is 37.8 Å². The van der Waals surface area contributed by atoms with E-state index in [0.717, 1.165) is 29.1 Å². The van der Waals surface area contributed by atoms with Gasteiger partial charge in [-0.15, -0.1) is 5.10 Å². The van der Waals surface area contributed by atoms with Crippen LogP contribution in [0.5, 0.6) is 0 Å². The minimum Gasteiger partial charge on any atom is -0.313 e. The molecule has 112 valence electrons. The molecule has 7 heteroatoms. The summed E-state index contributed by atoms with van der Waals surface area (Å²) in [6.07, 6.45) is 3.50. The van der Waals surface area contributed by atoms with Gasteiger partial charge in [0.05, 0.1) is 6.04 Å². The SMILES string of the molecule is CCCNCc1cc(Br)ccc1Sc1nnnn1C1CC1. The highest BCUT2D eigenvalue weighted by molar-refractivity contribution is 9.10. The van der Waals surface area contributed by atoms with Crippen molar-refractivity contribution >= 4 is 27.7 Å². The zero-order chi connectivity index (χ0) is 14.7. The minimum absolute atomic E-state index is 0.500. The van der Waals surface area contributed by atoms with E-state index in [4.69, 9.17) is 0 Å². The van der Waals surface area contributed by atoms with Crippen molar-refractivity contribution in [3.8, 4) is 0 Å². The molecule has 3 rings (SSSR count). The van der Waals surface area contributed by atoms with Crippen LogP contribution in [0.15, 0.2) is 32.7 Å². The maximum atomic E-state index is 4.17. The second-order valence-corrected chi connectivity index (χ2v) is 7.09. The summed E-state index contributed by atoms with van der Waals surface area (Å²) >= 11 is 5.20. The first-order valence-corrected chi connectivity index (χ1v) is 8.83. The molecule has 0 amide bonds. The third kappa shape index (κ3) is 3.84. The molecule has 1 aromatic heterocycles. The smallest absolute Gasteiger partial charge is 0.214 e. The van der Waals surface area contributed by atoms with E-state index >= 15 is 0 Å². The molecule has 1 aliphatic carbocycles. The maximum absolute atomic E-state index is 4.17. The largest absolute Gasteiger partial charge is 0.313 e. The van der Waals surface area contributed by atoms with Gasteiger partial charge >= 0.3 is 0 Å². The quantitative estimate of drug-likeness (QED) is 0.759. The van der Waals surface area contributed by atoms with Crippen LogP contribution in [0.4, 0.5) is 0 Å². The zero-order valence-electron chi connectivity index (χ0n) is 11.9. The summed E-state index contributed by atoms with van der Waals surface area (Å²) < 4.78 is 3.05. The van der Waals surface area contributed by atoms with Crippen LogP contribution in [0.25, 0.3) is 0 Å². The van der Waals surface area contributed by atoms with Crippen LogP contribution in [0.2, 0.25) is 0 Å². The third-order valence-corrected chi connectivity index (χ3v) is 4.88. The molecule has 0 unspecified atom stereocenters. The molecule has 5 nitrogen and oxygen atoms in total. The summed E-state index contributed by atoms with van der Waals surface area (Å²) in [4.78, 5) is 1.21. The Balaban J connectivity index is 1.78. The summed E-state index contributed by atoms with van der Waals surface area (Å²) in [6, 6.07) is 6.86. The van der Waals surface area contributed by atoms with Crippen LogP contribution in [0, 0.1) is 0 Å². The Morgan fingerprint density at radius 1 is 1.43 bits per heavy atom. The third-order valence-electron chi connectivity index (χ3n) is 3.32. The van der Waals surface area contributed by atoms with E-state index in [-0.39, 0.29) is 0 Å². The van der Waals surface area contributed by atoms with E-state index in [2.05, 4.69) is 61.9 Å². The average molecular weight is 368 g/mol. The fourth-order valence-electron chi connectivity index (χ4n) is 2.08. The molecule has 0 atom stereocenters. The molecule has 1 aliphatic rings. The number of halogens is 1. The van der Waals surface area contributed by atoms with Crippen molar-refractivity contribution in [2.24, 2.45) is 0 Å². The van der Waals surface area contributed by atoms with Crippen molar-refractivity contribution in [2.45, 2.75) is 48.8 Å². The number of hydrogen-bond donors (Lipinski definition) is 1. The van der Waals surface area contributed by atoms with Gasteiger partial charge in [0.25, 0.3) is 0 Å². The summed E-state index contributed by atoms with van der Waals surface area (Å²) in [5.41, 5.74) is 1.27. The van der Waals surface area contributed by atoms with Gasteiger partial charge in [0.2, 0.25) is 5.16 Å². The first-order chi connectivity index (χ1) is 10.3. The van der Waals surface area contributed by atoms with Gasteiger partial charge in [-0.3, -0.25) is 0 Å². The monoisotopic (exact) mass is 367 g/mol. The van der Waals surface area contributed by atoms with Crippen molar-refractivity contribution in [2.75, 3.05) is 6.54 Å². The number of hydrogen-bond acceptors (Lipinski definition) is 5. The fraction of sp³-hybridized carbons (Fsp3) is 0.500. The van der Waals surface area contributed by atoms with Gasteiger partial charge in [0, 0.05) is 15.9 Å². The van der Waals surface area contributed by atoms with Crippen molar-refractivity contribution in [3.05, 3.63) is 28.2 Å². The molecular weight excluding hydrogens is 350 g/mol. The second kappa shape index (κ2) is 6.89. The highest BCUT2D eigenvalue weighted by Crippen LogP contribution is 2.38. The molecule has 0 bridgehead atoms. The lowest BCUT2D eigenvalue weighted by Gasteiger charge is -2.10. The predicted octanol–water partition coefficient (Wildman–Crippen LogP) is 3.42. The summed E-state index contributed by atoms with van der Waals surface area (Å²) in [7, 11) is 0. The fourth-order valence-corrected chi connectivity index (χ4v) is 3.44. The topological polar surface area (TPSA) is 55.6 Å². The highest BCUT2D eigenvalue weighted by Gasteiger charge is 2.28. The van der Waals surface area contributed by atoms with E-state index < -0.39 is 0 Å². The van der Waals surface area contributed by atoms with Gasteiger partial charge in [-0.1, -0.05) is 22.9 Å². The van der Waals surface area contributed by atoms with Crippen molar-refractivity contribution < 1.29 is 0 Å². The molecule has 0 saturated heterocycles. The van der Waals surface area contributed by atoms with Crippen molar-refractivity contribution in [1.82, 2.24) is 25.5 Å². The Hall–Kier alpha value is -0.920. The van der Waals surface area contributed by atoms with Gasteiger partial charge in [0.15, 0.2) is 0 Å². The molecule has 21 heavy (non-hydrogen) atoms. The lowest BCUT2D eigenvalue weighted by Crippen LogP contribution is -2.14. The Labute approximate surface area is 137 Å². The van der Waals surface area contributed by atoms with Crippen LogP contribution in [0.3, 0.4) is 0 Å². The molecule has 0 aliphatic heterocycles. The number of nitrogens with zero attached hydrogens (tertiary/aromatic N) is 4. The predicted molar refractivity (Wildman–Crippen MR) is 86.4 cm³/mol. The van der Waals surface area contributed by atoms with Crippen LogP contribution in [-0.4, -0.2) is 26.8 Å². The highest BCUT2D eigenvalue weighted by atomic mass is 79.9. The number of tetrazole rings is 1.